The lowest BCUT2D eigenvalue weighted by Crippen LogP contribution is -2.30. The van der Waals surface area contributed by atoms with E-state index in [9.17, 15) is 9.59 Å². The fraction of sp³-hybridized carbons (Fsp3) is 0.111. The monoisotopic (exact) mass is 483 g/mol. The predicted molar refractivity (Wildman–Crippen MR) is 138 cm³/mol. The fourth-order valence-electron chi connectivity index (χ4n) is 4.20. The van der Waals surface area contributed by atoms with Gasteiger partial charge in [-0.1, -0.05) is 54.1 Å². The van der Waals surface area contributed by atoms with Gasteiger partial charge in [-0.2, -0.15) is 0 Å². The highest BCUT2D eigenvalue weighted by molar-refractivity contribution is 6.35. The maximum Gasteiger partial charge on any atom is 0.263 e. The smallest absolute Gasteiger partial charge is 0.263 e. The van der Waals surface area contributed by atoms with Gasteiger partial charge in [0.05, 0.1) is 11.4 Å². The summed E-state index contributed by atoms with van der Waals surface area (Å²) >= 11 is 6.33. The number of benzene rings is 2. The van der Waals surface area contributed by atoms with Crippen molar-refractivity contribution < 1.29 is 4.79 Å². The number of anilines is 1. The van der Waals surface area contributed by atoms with Crippen LogP contribution in [0.2, 0.25) is 5.15 Å². The van der Waals surface area contributed by atoms with Crippen LogP contribution in [0.3, 0.4) is 0 Å². The van der Waals surface area contributed by atoms with Crippen molar-refractivity contribution in [1.82, 2.24) is 19.1 Å². The highest BCUT2D eigenvalue weighted by Gasteiger charge is 2.17. The minimum atomic E-state index is -0.459. The Morgan fingerprint density at radius 2 is 1.74 bits per heavy atom. The molecule has 3 aromatic heterocycles. The lowest BCUT2D eigenvalue weighted by molar-refractivity contribution is 0.102. The van der Waals surface area contributed by atoms with Crippen molar-refractivity contribution in [1.29, 1.82) is 0 Å². The lowest BCUT2D eigenvalue weighted by Gasteiger charge is -2.16. The van der Waals surface area contributed by atoms with Crippen LogP contribution in [0.25, 0.3) is 22.2 Å². The Bertz CT molecular complexity index is 1590. The Morgan fingerprint density at radius 3 is 2.49 bits per heavy atom. The third kappa shape index (κ3) is 4.22. The van der Waals surface area contributed by atoms with Crippen molar-refractivity contribution in [2.24, 2.45) is 7.05 Å². The number of aromatic nitrogens is 4. The second-order valence-electron chi connectivity index (χ2n) is 8.27. The molecule has 2 aromatic carbocycles. The average molecular weight is 484 g/mol. The average Bonchev–Trinajstić information content (AvgIpc) is 3.22. The third-order valence-electron chi connectivity index (χ3n) is 6.08. The molecule has 3 heterocycles. The molecule has 0 aliphatic carbocycles. The van der Waals surface area contributed by atoms with Gasteiger partial charge >= 0.3 is 0 Å². The summed E-state index contributed by atoms with van der Waals surface area (Å²) in [4.78, 5) is 34.5. The van der Waals surface area contributed by atoms with Crippen molar-refractivity contribution in [3.8, 4) is 11.1 Å². The number of nitrogens with one attached hydrogen (secondary N) is 1. The Balaban J connectivity index is 1.40. The molecule has 0 saturated heterocycles. The molecule has 0 radical (unpaired) electrons. The van der Waals surface area contributed by atoms with Crippen molar-refractivity contribution in [3.63, 3.8) is 0 Å². The number of aryl methyl sites for hydroxylation is 1. The molecule has 7 nitrogen and oxygen atoms in total. The van der Waals surface area contributed by atoms with Gasteiger partial charge in [-0.05, 0) is 42.3 Å². The first kappa shape index (κ1) is 22.6. The van der Waals surface area contributed by atoms with E-state index in [1.165, 1.54) is 6.33 Å². The topological polar surface area (TPSA) is 81.8 Å². The Labute approximate surface area is 206 Å². The summed E-state index contributed by atoms with van der Waals surface area (Å²) in [5.74, 6) is -0.459. The summed E-state index contributed by atoms with van der Waals surface area (Å²) in [6.07, 6.45) is 5.08. The van der Waals surface area contributed by atoms with E-state index in [0.717, 1.165) is 27.7 Å². The fourth-order valence-corrected chi connectivity index (χ4v) is 4.43. The van der Waals surface area contributed by atoms with E-state index in [-0.39, 0.29) is 17.2 Å². The molecule has 1 amide bonds. The maximum atomic E-state index is 13.1. The standard InChI is InChI=1S/C27H22ClN5O2/c1-17(18-7-4-3-5-8-18)33-14-6-9-21(27(33)35)26(34)31-20-12-10-19(11-13-20)22-15-32(2)25-23(22)24(28)29-16-30-25/h3-17H,1-2H3,(H,31,34)/t17-/m1/s1. The summed E-state index contributed by atoms with van der Waals surface area (Å²) in [6, 6.07) is 20.1. The van der Waals surface area contributed by atoms with Crippen LogP contribution >= 0.6 is 11.6 Å². The van der Waals surface area contributed by atoms with Gasteiger partial charge in [0, 0.05) is 30.7 Å². The zero-order valence-corrected chi connectivity index (χ0v) is 19.9. The van der Waals surface area contributed by atoms with Crippen LogP contribution in [0.5, 0.6) is 0 Å². The number of nitrogens with zero attached hydrogens (tertiary/aromatic N) is 4. The zero-order valence-electron chi connectivity index (χ0n) is 19.1. The van der Waals surface area contributed by atoms with Crippen molar-refractivity contribution >= 4 is 34.2 Å². The van der Waals surface area contributed by atoms with Crippen LogP contribution in [-0.2, 0) is 7.05 Å². The predicted octanol–water partition coefficient (Wildman–Crippen LogP) is 5.31. The molecule has 1 N–H and O–H groups in total. The van der Waals surface area contributed by atoms with Gasteiger partial charge in [0.15, 0.2) is 0 Å². The number of halogens is 1. The number of pyridine rings is 1. The number of hydrogen-bond acceptors (Lipinski definition) is 4. The summed E-state index contributed by atoms with van der Waals surface area (Å²) < 4.78 is 3.46. The minimum absolute atomic E-state index is 0.0809. The quantitative estimate of drug-likeness (QED) is 0.343. The van der Waals surface area contributed by atoms with E-state index in [1.54, 1.807) is 35.0 Å². The van der Waals surface area contributed by atoms with Crippen LogP contribution in [0.1, 0.15) is 28.9 Å². The van der Waals surface area contributed by atoms with Crippen LogP contribution in [0, 0.1) is 0 Å². The molecule has 0 fully saturated rings. The molecule has 0 spiro atoms. The van der Waals surface area contributed by atoms with Crippen LogP contribution in [0.15, 0.2) is 90.2 Å². The zero-order chi connectivity index (χ0) is 24.5. The van der Waals surface area contributed by atoms with Crippen LogP contribution < -0.4 is 10.9 Å². The first-order chi connectivity index (χ1) is 16.9. The molecule has 0 unspecified atom stereocenters. The Kier molecular flexibility index (Phi) is 5.93. The number of hydrogen-bond donors (Lipinski definition) is 1. The van der Waals surface area contributed by atoms with E-state index >= 15 is 0 Å². The van der Waals surface area contributed by atoms with Crippen molar-refractivity contribution in [2.75, 3.05) is 5.32 Å². The summed E-state index contributed by atoms with van der Waals surface area (Å²) in [7, 11) is 1.90. The normalized spacial score (nSPS) is 12.0. The molecule has 0 bridgehead atoms. The van der Waals surface area contributed by atoms with Gasteiger partial charge in [-0.25, -0.2) is 9.97 Å². The van der Waals surface area contributed by atoms with Gasteiger partial charge in [0.2, 0.25) is 0 Å². The summed E-state index contributed by atoms with van der Waals surface area (Å²) in [6.45, 7) is 1.93. The molecule has 8 heteroatoms. The minimum Gasteiger partial charge on any atom is -0.335 e. The number of amides is 1. The lowest BCUT2D eigenvalue weighted by atomic mass is 10.1. The van der Waals surface area contributed by atoms with E-state index in [4.69, 9.17) is 11.6 Å². The van der Waals surface area contributed by atoms with Gasteiger partial charge in [0.25, 0.3) is 11.5 Å². The maximum absolute atomic E-state index is 13.1. The molecule has 0 aliphatic heterocycles. The van der Waals surface area contributed by atoms with Crippen LogP contribution in [-0.4, -0.2) is 25.0 Å². The third-order valence-corrected chi connectivity index (χ3v) is 6.37. The van der Waals surface area contributed by atoms with E-state index in [1.807, 2.05) is 67.2 Å². The SMILES string of the molecule is C[C@H](c1ccccc1)n1cccc(C(=O)Nc2ccc(-c3cn(C)c4ncnc(Cl)c34)cc2)c1=O. The van der Waals surface area contributed by atoms with Crippen LogP contribution in [0.4, 0.5) is 5.69 Å². The van der Waals surface area contributed by atoms with Gasteiger partial charge in [-0.15, -0.1) is 0 Å². The second kappa shape index (κ2) is 9.19. The number of rotatable bonds is 5. The first-order valence-corrected chi connectivity index (χ1v) is 11.4. The molecule has 0 aliphatic rings. The Morgan fingerprint density at radius 1 is 1.00 bits per heavy atom. The molecular formula is C27H22ClN5O2. The second-order valence-corrected chi connectivity index (χ2v) is 8.63. The van der Waals surface area contributed by atoms with E-state index in [2.05, 4.69) is 15.3 Å². The first-order valence-electron chi connectivity index (χ1n) is 11.1. The van der Waals surface area contributed by atoms with Gasteiger partial charge < -0.3 is 14.5 Å². The molecule has 1 atom stereocenters. The summed E-state index contributed by atoms with van der Waals surface area (Å²) in [5.41, 5.74) is 3.84. The van der Waals surface area contributed by atoms with Gasteiger partial charge in [-0.3, -0.25) is 9.59 Å². The number of fused-ring (bicyclic) bond motifs is 1. The molecule has 5 rings (SSSR count). The largest absolute Gasteiger partial charge is 0.335 e. The van der Waals surface area contributed by atoms with Crippen molar-refractivity contribution in [2.45, 2.75) is 13.0 Å². The molecule has 5 aromatic rings. The molecule has 0 saturated carbocycles. The number of carbonyl (C=O) groups excluding carboxylic acids is 1. The Hall–Kier alpha value is -4.23. The highest BCUT2D eigenvalue weighted by Crippen LogP contribution is 2.33. The summed E-state index contributed by atoms with van der Waals surface area (Å²) in [5, 5.41) is 3.98. The highest BCUT2D eigenvalue weighted by atomic mass is 35.5. The van der Waals surface area contributed by atoms with E-state index in [0.29, 0.717) is 10.8 Å². The molecular weight excluding hydrogens is 462 g/mol. The molecule has 174 valence electrons. The van der Waals surface area contributed by atoms with E-state index < -0.39 is 5.91 Å². The van der Waals surface area contributed by atoms with Gasteiger partial charge in [0.1, 0.15) is 22.7 Å². The van der Waals surface area contributed by atoms with Crippen molar-refractivity contribution in [3.05, 3.63) is 112 Å². The number of carbonyl (C=O) groups is 1. The molecule has 35 heavy (non-hydrogen) atoms.